The van der Waals surface area contributed by atoms with Gasteiger partial charge in [0, 0.05) is 17.5 Å². The molecule has 0 radical (unpaired) electrons. The molecule has 2 N–H and O–H groups in total. The van der Waals surface area contributed by atoms with Gasteiger partial charge in [0.15, 0.2) is 0 Å². The van der Waals surface area contributed by atoms with Crippen LogP contribution >= 0.6 is 11.8 Å². The smallest absolute Gasteiger partial charge is 0.0935 e. The molecular formula is C10H15NO2S. The van der Waals surface area contributed by atoms with Crippen molar-refractivity contribution in [3.05, 3.63) is 24.2 Å². The summed E-state index contributed by atoms with van der Waals surface area (Å²) in [4.78, 5) is 0. The van der Waals surface area contributed by atoms with Crippen LogP contribution in [0.5, 0.6) is 0 Å². The lowest BCUT2D eigenvalue weighted by Gasteiger charge is -2.27. The summed E-state index contributed by atoms with van der Waals surface area (Å²) >= 11 is 1.92. The predicted octanol–water partition coefficient (Wildman–Crippen LogP) is 1.28. The van der Waals surface area contributed by atoms with Crippen LogP contribution in [0.2, 0.25) is 0 Å². The van der Waals surface area contributed by atoms with Gasteiger partial charge in [0.25, 0.3) is 0 Å². The van der Waals surface area contributed by atoms with E-state index in [-0.39, 0.29) is 12.1 Å². The van der Waals surface area contributed by atoms with E-state index in [0.29, 0.717) is 0 Å². The Morgan fingerprint density at radius 2 is 2.57 bits per heavy atom. The Labute approximate surface area is 88.0 Å². The van der Waals surface area contributed by atoms with Gasteiger partial charge in [-0.1, -0.05) is 0 Å². The summed E-state index contributed by atoms with van der Waals surface area (Å²) in [5, 5.41) is 0. The number of furan rings is 1. The fourth-order valence-corrected chi connectivity index (χ4v) is 2.52. The molecule has 3 nitrogen and oxygen atoms in total. The summed E-state index contributed by atoms with van der Waals surface area (Å²) < 4.78 is 10.6. The van der Waals surface area contributed by atoms with E-state index < -0.39 is 0 Å². The van der Waals surface area contributed by atoms with E-state index in [1.165, 1.54) is 0 Å². The molecule has 1 aromatic rings. The van der Waals surface area contributed by atoms with Crippen molar-refractivity contribution < 1.29 is 9.15 Å². The molecule has 0 spiro atoms. The average molecular weight is 213 g/mol. The highest BCUT2D eigenvalue weighted by Gasteiger charge is 2.21. The van der Waals surface area contributed by atoms with Crippen LogP contribution in [0.15, 0.2) is 23.0 Å². The van der Waals surface area contributed by atoms with E-state index in [1.807, 2.05) is 17.8 Å². The fourth-order valence-electron chi connectivity index (χ4n) is 1.57. The van der Waals surface area contributed by atoms with E-state index in [4.69, 9.17) is 14.9 Å². The van der Waals surface area contributed by atoms with Crippen molar-refractivity contribution in [1.82, 2.24) is 0 Å². The number of ether oxygens (including phenoxy) is 1. The average Bonchev–Trinajstić information content (AvgIpc) is 2.72. The predicted molar refractivity (Wildman–Crippen MR) is 57.5 cm³/mol. The van der Waals surface area contributed by atoms with Gasteiger partial charge in [-0.3, -0.25) is 0 Å². The molecule has 0 aliphatic carbocycles. The molecule has 0 bridgehead atoms. The van der Waals surface area contributed by atoms with Crippen molar-refractivity contribution in [2.45, 2.75) is 18.6 Å². The van der Waals surface area contributed by atoms with E-state index in [2.05, 4.69) is 0 Å². The highest BCUT2D eigenvalue weighted by Crippen LogP contribution is 2.16. The Balaban J connectivity index is 1.85. The molecule has 1 saturated heterocycles. The zero-order chi connectivity index (χ0) is 9.80. The highest BCUT2D eigenvalue weighted by molar-refractivity contribution is 7.99. The number of nitrogens with two attached hydrogens (primary N) is 1. The highest BCUT2D eigenvalue weighted by atomic mass is 32.2. The number of rotatable bonds is 3. The molecule has 2 rings (SSSR count). The molecule has 1 aromatic heterocycles. The summed E-state index contributed by atoms with van der Waals surface area (Å²) in [5.41, 5.74) is 7.21. The van der Waals surface area contributed by atoms with E-state index >= 15 is 0 Å². The van der Waals surface area contributed by atoms with Crippen LogP contribution in [-0.2, 0) is 11.2 Å². The minimum Gasteiger partial charge on any atom is -0.472 e. The van der Waals surface area contributed by atoms with Crippen LogP contribution in [-0.4, -0.2) is 30.3 Å². The lowest BCUT2D eigenvalue weighted by atomic mass is 10.1. The van der Waals surface area contributed by atoms with Gasteiger partial charge in [0.1, 0.15) is 0 Å². The third-order valence-electron chi connectivity index (χ3n) is 2.37. The summed E-state index contributed by atoms with van der Waals surface area (Å²) in [7, 11) is 0. The third kappa shape index (κ3) is 2.53. The van der Waals surface area contributed by atoms with Gasteiger partial charge < -0.3 is 14.9 Å². The van der Waals surface area contributed by atoms with Gasteiger partial charge in [-0.15, -0.1) is 0 Å². The van der Waals surface area contributed by atoms with Gasteiger partial charge in [-0.2, -0.15) is 11.8 Å². The van der Waals surface area contributed by atoms with Gasteiger partial charge >= 0.3 is 0 Å². The molecule has 0 amide bonds. The van der Waals surface area contributed by atoms with Crippen LogP contribution in [0.1, 0.15) is 5.56 Å². The molecule has 2 unspecified atom stereocenters. The van der Waals surface area contributed by atoms with Crippen molar-refractivity contribution in [1.29, 1.82) is 0 Å². The number of hydrogen-bond donors (Lipinski definition) is 1. The molecule has 2 atom stereocenters. The van der Waals surface area contributed by atoms with Gasteiger partial charge in [0.05, 0.1) is 25.2 Å². The second-order valence-corrected chi connectivity index (χ2v) is 4.63. The minimum atomic E-state index is 0.0837. The monoisotopic (exact) mass is 213 g/mol. The summed E-state index contributed by atoms with van der Waals surface area (Å²) in [5.74, 6) is 2.11. The van der Waals surface area contributed by atoms with E-state index in [9.17, 15) is 0 Å². The summed E-state index contributed by atoms with van der Waals surface area (Å²) in [6, 6.07) is 2.04. The van der Waals surface area contributed by atoms with Crippen LogP contribution in [0.3, 0.4) is 0 Å². The molecule has 14 heavy (non-hydrogen) atoms. The molecule has 0 saturated carbocycles. The molecule has 1 aliphatic heterocycles. The fraction of sp³-hybridized carbons (Fsp3) is 0.600. The van der Waals surface area contributed by atoms with Gasteiger partial charge in [-0.05, 0) is 18.1 Å². The second kappa shape index (κ2) is 4.87. The Kier molecular flexibility index (Phi) is 3.50. The van der Waals surface area contributed by atoms with Crippen LogP contribution < -0.4 is 5.73 Å². The van der Waals surface area contributed by atoms with Crippen molar-refractivity contribution >= 4 is 11.8 Å². The molecule has 78 valence electrons. The Morgan fingerprint density at radius 1 is 1.64 bits per heavy atom. The molecule has 2 heterocycles. The third-order valence-corrected chi connectivity index (χ3v) is 3.39. The first-order chi connectivity index (χ1) is 6.86. The summed E-state index contributed by atoms with van der Waals surface area (Å²) in [6.45, 7) is 0.828. The standard InChI is InChI=1S/C10H15NO2S/c11-9(5-8-1-2-12-6-8)10-7-14-4-3-13-10/h1-2,6,9-10H,3-5,7,11H2. The minimum absolute atomic E-state index is 0.0837. The molecular weight excluding hydrogens is 198 g/mol. The zero-order valence-corrected chi connectivity index (χ0v) is 8.83. The van der Waals surface area contributed by atoms with Gasteiger partial charge in [0.2, 0.25) is 0 Å². The van der Waals surface area contributed by atoms with Gasteiger partial charge in [-0.25, -0.2) is 0 Å². The van der Waals surface area contributed by atoms with Crippen molar-refractivity contribution in [3.63, 3.8) is 0 Å². The topological polar surface area (TPSA) is 48.4 Å². The maximum atomic E-state index is 6.06. The van der Waals surface area contributed by atoms with E-state index in [0.717, 1.165) is 30.1 Å². The lowest BCUT2D eigenvalue weighted by molar-refractivity contribution is 0.0571. The Hall–Kier alpha value is -0.450. The maximum absolute atomic E-state index is 6.06. The maximum Gasteiger partial charge on any atom is 0.0935 e. The van der Waals surface area contributed by atoms with Crippen LogP contribution in [0.25, 0.3) is 0 Å². The molecule has 4 heteroatoms. The largest absolute Gasteiger partial charge is 0.472 e. The summed E-state index contributed by atoms with van der Waals surface area (Å²) in [6.07, 6.45) is 4.46. The molecule has 0 aromatic carbocycles. The first-order valence-corrected chi connectivity index (χ1v) is 5.98. The van der Waals surface area contributed by atoms with E-state index in [1.54, 1.807) is 12.5 Å². The second-order valence-electron chi connectivity index (χ2n) is 3.48. The SMILES string of the molecule is NC(Cc1ccoc1)C1CSCCO1. The van der Waals surface area contributed by atoms with Crippen molar-refractivity contribution in [2.75, 3.05) is 18.1 Å². The normalized spacial score (nSPS) is 24.8. The van der Waals surface area contributed by atoms with Crippen LogP contribution in [0.4, 0.5) is 0 Å². The quantitative estimate of drug-likeness (QED) is 0.821. The van der Waals surface area contributed by atoms with Crippen molar-refractivity contribution in [3.8, 4) is 0 Å². The molecule has 1 aliphatic rings. The Bertz CT molecular complexity index is 257. The first-order valence-electron chi connectivity index (χ1n) is 4.82. The Morgan fingerprint density at radius 3 is 3.21 bits per heavy atom. The first kappa shape index (κ1) is 10.1. The van der Waals surface area contributed by atoms with Crippen molar-refractivity contribution in [2.24, 2.45) is 5.73 Å². The number of thioether (sulfide) groups is 1. The lowest BCUT2D eigenvalue weighted by Crippen LogP contribution is -2.42. The van der Waals surface area contributed by atoms with Crippen LogP contribution in [0, 0.1) is 0 Å². The molecule has 1 fully saturated rings. The number of hydrogen-bond acceptors (Lipinski definition) is 4. The zero-order valence-electron chi connectivity index (χ0n) is 8.02.